The van der Waals surface area contributed by atoms with Crippen molar-refractivity contribution in [2.75, 3.05) is 36.9 Å². The van der Waals surface area contributed by atoms with Crippen molar-refractivity contribution in [3.05, 3.63) is 66.1 Å². The molecule has 1 aromatic carbocycles. The molecule has 0 spiro atoms. The van der Waals surface area contributed by atoms with E-state index in [1.54, 1.807) is 18.3 Å². The summed E-state index contributed by atoms with van der Waals surface area (Å²) < 4.78 is 13.3. The molecule has 3 aromatic heterocycles. The van der Waals surface area contributed by atoms with Crippen molar-refractivity contribution in [1.29, 1.82) is 0 Å². The number of carboxylic acid groups (broad SMARTS) is 1. The quantitative estimate of drug-likeness (QED) is 0.356. The van der Waals surface area contributed by atoms with E-state index in [2.05, 4.69) is 25.5 Å². The number of hydrogen-bond donors (Lipinski definition) is 3. The van der Waals surface area contributed by atoms with E-state index < -0.39 is 12.0 Å². The highest BCUT2D eigenvalue weighted by molar-refractivity contribution is 7.21. The summed E-state index contributed by atoms with van der Waals surface area (Å²) in [5.74, 6) is 0.285. The van der Waals surface area contributed by atoms with Crippen LogP contribution >= 0.6 is 11.3 Å². The third-order valence-corrected chi connectivity index (χ3v) is 6.70. The molecule has 9 nitrogen and oxygen atoms in total. The molecule has 11 heteroatoms. The zero-order valence-electron chi connectivity index (χ0n) is 19.0. The third kappa shape index (κ3) is 5.37. The predicted octanol–water partition coefficient (Wildman–Crippen LogP) is 3.60. The Morgan fingerprint density at radius 3 is 2.89 bits per heavy atom. The summed E-state index contributed by atoms with van der Waals surface area (Å²) >= 11 is 1.42. The molecule has 4 heterocycles. The van der Waals surface area contributed by atoms with Crippen LogP contribution in [-0.2, 0) is 11.3 Å². The molecule has 3 N–H and O–H groups in total. The van der Waals surface area contributed by atoms with E-state index in [-0.39, 0.29) is 5.82 Å². The smallest absolute Gasteiger partial charge is 0.322 e. The van der Waals surface area contributed by atoms with Gasteiger partial charge >= 0.3 is 5.97 Å². The molecule has 0 saturated carbocycles. The summed E-state index contributed by atoms with van der Waals surface area (Å²) in [4.78, 5) is 29.8. The van der Waals surface area contributed by atoms with Crippen LogP contribution in [0.2, 0.25) is 0 Å². The highest BCUT2D eigenvalue weighted by Crippen LogP contribution is 2.30. The number of fused-ring (bicyclic) bond motifs is 1. The van der Waals surface area contributed by atoms with E-state index in [1.165, 1.54) is 23.5 Å². The number of thiazole rings is 1. The molecule has 180 valence electrons. The molecular weight excluding hydrogens is 469 g/mol. The van der Waals surface area contributed by atoms with Gasteiger partial charge in [0.2, 0.25) is 0 Å². The van der Waals surface area contributed by atoms with Gasteiger partial charge in [0.25, 0.3) is 0 Å². The summed E-state index contributed by atoms with van der Waals surface area (Å²) in [5, 5.41) is 16.2. The summed E-state index contributed by atoms with van der Waals surface area (Å²) in [7, 11) is 1.88. The van der Waals surface area contributed by atoms with Gasteiger partial charge in [-0.2, -0.15) is 0 Å². The molecular formula is C24H24FN7O2S. The molecule has 35 heavy (non-hydrogen) atoms. The van der Waals surface area contributed by atoms with Gasteiger partial charge in [-0.15, -0.1) is 0 Å². The fourth-order valence-corrected chi connectivity index (χ4v) is 4.81. The molecule has 0 amide bonds. The monoisotopic (exact) mass is 493 g/mol. The van der Waals surface area contributed by atoms with Crippen LogP contribution in [0, 0.1) is 5.82 Å². The van der Waals surface area contributed by atoms with Crippen LogP contribution in [0.3, 0.4) is 0 Å². The Hall–Kier alpha value is -3.67. The third-order valence-electron chi connectivity index (χ3n) is 5.82. The molecule has 0 radical (unpaired) electrons. The lowest BCUT2D eigenvalue weighted by Gasteiger charge is -2.31. The minimum atomic E-state index is -0.830. The summed E-state index contributed by atoms with van der Waals surface area (Å²) in [6.07, 6.45) is 1.73. The number of aliphatic carboxylic acids is 1. The Morgan fingerprint density at radius 1 is 1.26 bits per heavy atom. The van der Waals surface area contributed by atoms with Crippen LogP contribution in [0.1, 0.15) is 5.56 Å². The lowest BCUT2D eigenvalue weighted by Crippen LogP contribution is -2.53. The van der Waals surface area contributed by atoms with Crippen molar-refractivity contribution < 1.29 is 14.3 Å². The van der Waals surface area contributed by atoms with Gasteiger partial charge in [0.1, 0.15) is 33.8 Å². The summed E-state index contributed by atoms with van der Waals surface area (Å²) in [6.45, 7) is 2.53. The molecule has 1 aliphatic heterocycles. The first-order valence-electron chi connectivity index (χ1n) is 11.1. The molecule has 0 bridgehead atoms. The van der Waals surface area contributed by atoms with E-state index in [9.17, 15) is 14.3 Å². The molecule has 0 aliphatic carbocycles. The fourth-order valence-electron chi connectivity index (χ4n) is 3.97. The summed E-state index contributed by atoms with van der Waals surface area (Å²) in [5.41, 5.74) is 2.64. The second-order valence-electron chi connectivity index (χ2n) is 8.30. The second-order valence-corrected chi connectivity index (χ2v) is 9.28. The first kappa shape index (κ1) is 23.1. The Kier molecular flexibility index (Phi) is 6.53. The largest absolute Gasteiger partial charge is 0.480 e. The Bertz CT molecular complexity index is 1350. The second kappa shape index (κ2) is 9.90. The number of benzene rings is 1. The Morgan fingerprint density at radius 2 is 2.09 bits per heavy atom. The van der Waals surface area contributed by atoms with Crippen molar-refractivity contribution in [3.8, 4) is 0 Å². The van der Waals surface area contributed by atoms with Gasteiger partial charge < -0.3 is 20.6 Å². The standard InChI is InChI=1S/C24H24FN7O2S/c1-31(17-4-2-16(25)3-5-17)21-7-6-18-22(30-21)35-24(28-18)29-20-12-15(8-9-27-20)13-32-11-10-26-19(14-32)23(33)34/h2-9,12,19,26H,10-11,13-14H2,1H3,(H,33,34)(H,27,28,29). The molecule has 4 aromatic rings. The first-order valence-corrected chi connectivity index (χ1v) is 11.9. The van der Waals surface area contributed by atoms with E-state index in [0.29, 0.717) is 30.6 Å². The van der Waals surface area contributed by atoms with Crippen LogP contribution in [0.4, 0.5) is 26.8 Å². The topological polar surface area (TPSA) is 107 Å². The molecule has 1 aliphatic rings. The van der Waals surface area contributed by atoms with Gasteiger partial charge in [-0.25, -0.2) is 19.3 Å². The van der Waals surface area contributed by atoms with Crippen molar-refractivity contribution in [3.63, 3.8) is 0 Å². The maximum atomic E-state index is 13.3. The molecule has 1 fully saturated rings. The van der Waals surface area contributed by atoms with Crippen LogP contribution < -0.4 is 15.5 Å². The van der Waals surface area contributed by atoms with Gasteiger partial charge in [0.05, 0.1) is 0 Å². The number of hydrogen-bond acceptors (Lipinski definition) is 9. The fraction of sp³-hybridized carbons (Fsp3) is 0.250. The maximum absolute atomic E-state index is 13.3. The Labute approximate surface area is 205 Å². The average molecular weight is 494 g/mol. The number of halogens is 1. The highest BCUT2D eigenvalue weighted by Gasteiger charge is 2.24. The number of nitrogens with one attached hydrogen (secondary N) is 2. The average Bonchev–Trinajstić information content (AvgIpc) is 3.26. The minimum Gasteiger partial charge on any atom is -0.480 e. The molecule has 1 saturated heterocycles. The van der Waals surface area contributed by atoms with Gasteiger partial charge in [-0.3, -0.25) is 9.69 Å². The van der Waals surface area contributed by atoms with E-state index in [1.807, 2.05) is 36.2 Å². The van der Waals surface area contributed by atoms with Gasteiger partial charge in [0, 0.05) is 45.1 Å². The minimum absolute atomic E-state index is 0.279. The lowest BCUT2D eigenvalue weighted by atomic mass is 10.1. The van der Waals surface area contributed by atoms with Crippen molar-refractivity contribution >= 4 is 50.1 Å². The summed E-state index contributed by atoms with van der Waals surface area (Å²) in [6, 6.07) is 13.4. The normalized spacial score (nSPS) is 16.3. The van der Waals surface area contributed by atoms with Crippen LogP contribution in [0.5, 0.6) is 0 Å². The first-order chi connectivity index (χ1) is 16.9. The van der Waals surface area contributed by atoms with E-state index in [4.69, 9.17) is 4.98 Å². The molecule has 1 atom stereocenters. The van der Waals surface area contributed by atoms with Gasteiger partial charge in [-0.05, 0) is 54.1 Å². The molecule has 1 unspecified atom stereocenters. The number of nitrogens with zero attached hydrogens (tertiary/aromatic N) is 5. The zero-order valence-corrected chi connectivity index (χ0v) is 19.8. The number of piperazine rings is 1. The highest BCUT2D eigenvalue weighted by atomic mass is 32.1. The number of carboxylic acids is 1. The number of pyridine rings is 2. The van der Waals surface area contributed by atoms with Crippen molar-refractivity contribution in [2.24, 2.45) is 0 Å². The van der Waals surface area contributed by atoms with Gasteiger partial charge in [-0.1, -0.05) is 11.3 Å². The Balaban J connectivity index is 1.29. The van der Waals surface area contributed by atoms with Crippen LogP contribution in [0.15, 0.2) is 54.7 Å². The van der Waals surface area contributed by atoms with E-state index in [0.717, 1.165) is 34.0 Å². The number of rotatable bonds is 7. The van der Waals surface area contributed by atoms with Gasteiger partial charge in [0.15, 0.2) is 5.13 Å². The predicted molar refractivity (Wildman–Crippen MR) is 134 cm³/mol. The number of carbonyl (C=O) groups is 1. The number of anilines is 4. The van der Waals surface area contributed by atoms with Crippen molar-refractivity contribution in [1.82, 2.24) is 25.2 Å². The zero-order chi connectivity index (χ0) is 24.4. The maximum Gasteiger partial charge on any atom is 0.322 e. The van der Waals surface area contributed by atoms with Crippen LogP contribution in [0.25, 0.3) is 10.3 Å². The number of aromatic nitrogens is 3. The van der Waals surface area contributed by atoms with Crippen molar-refractivity contribution in [2.45, 2.75) is 12.6 Å². The lowest BCUT2D eigenvalue weighted by molar-refractivity contribution is -0.140. The van der Waals surface area contributed by atoms with E-state index >= 15 is 0 Å². The SMILES string of the molecule is CN(c1ccc(F)cc1)c1ccc2nc(Nc3cc(CN4CCNC(C(=O)O)C4)ccn3)sc2n1. The molecule has 5 rings (SSSR count). The van der Waals surface area contributed by atoms with Crippen LogP contribution in [-0.4, -0.2) is 63.7 Å².